The summed E-state index contributed by atoms with van der Waals surface area (Å²) >= 11 is 1.13. The number of hydrogen-bond acceptors (Lipinski definition) is 9. The second-order valence-electron chi connectivity index (χ2n) is 8.43. The average Bonchev–Trinajstić information content (AvgIpc) is 3.55. The number of carbonyl (C=O) groups excluding carboxylic acids is 1. The lowest BCUT2D eigenvalue weighted by Crippen LogP contribution is -2.51. The first-order valence-corrected chi connectivity index (χ1v) is 13.1. The maximum atomic E-state index is 13.3. The van der Waals surface area contributed by atoms with Crippen molar-refractivity contribution >= 4 is 27.3 Å². The third-order valence-electron chi connectivity index (χ3n) is 6.34. The first kappa shape index (κ1) is 22.0. The van der Waals surface area contributed by atoms with E-state index in [9.17, 15) is 13.2 Å². The van der Waals surface area contributed by atoms with Crippen molar-refractivity contribution in [3.8, 4) is 11.4 Å². The molecule has 12 heteroatoms. The van der Waals surface area contributed by atoms with Crippen molar-refractivity contribution in [2.45, 2.75) is 42.6 Å². The van der Waals surface area contributed by atoms with Gasteiger partial charge in [-0.15, -0.1) is 11.3 Å². The van der Waals surface area contributed by atoms with Crippen molar-refractivity contribution in [3.63, 3.8) is 0 Å². The van der Waals surface area contributed by atoms with E-state index in [1.165, 1.54) is 4.31 Å². The molecule has 10 nitrogen and oxygen atoms in total. The van der Waals surface area contributed by atoms with Crippen molar-refractivity contribution in [1.29, 1.82) is 0 Å². The molecule has 3 fully saturated rings. The smallest absolute Gasteiger partial charge is 0.252 e. The van der Waals surface area contributed by atoms with E-state index in [1.807, 2.05) is 4.90 Å². The number of likely N-dealkylation sites (tertiary alicyclic amines) is 1. The third kappa shape index (κ3) is 4.10. The summed E-state index contributed by atoms with van der Waals surface area (Å²) in [5.74, 6) is -0.0656. The van der Waals surface area contributed by atoms with Crippen LogP contribution >= 0.6 is 11.3 Å². The van der Waals surface area contributed by atoms with E-state index in [2.05, 4.69) is 10.1 Å². The van der Waals surface area contributed by atoms with Gasteiger partial charge in [0.1, 0.15) is 4.21 Å². The number of nitrogens with zero attached hydrogens (tertiary/aromatic N) is 4. The number of ether oxygens (including phenoxy) is 2. The van der Waals surface area contributed by atoms with Crippen LogP contribution < -0.4 is 0 Å². The lowest BCUT2D eigenvalue weighted by Gasteiger charge is -2.40. The SMILES string of the molecule is Cc1nc(-c2csc(S(=O)(=O)N3CCC[C@@H](C(=O)N4CCC5(CC4)OCCO5)C3)c2)no1. The van der Waals surface area contributed by atoms with Gasteiger partial charge in [-0.1, -0.05) is 5.16 Å². The van der Waals surface area contributed by atoms with Crippen LogP contribution in [0.2, 0.25) is 0 Å². The molecule has 1 atom stereocenters. The van der Waals surface area contributed by atoms with Gasteiger partial charge in [-0.2, -0.15) is 9.29 Å². The zero-order valence-corrected chi connectivity index (χ0v) is 19.5. The number of sulfonamides is 1. The lowest BCUT2D eigenvalue weighted by atomic mass is 9.96. The molecule has 3 aliphatic heterocycles. The molecule has 0 saturated carbocycles. The number of carbonyl (C=O) groups is 1. The Hall–Kier alpha value is -1.86. The highest BCUT2D eigenvalue weighted by molar-refractivity contribution is 7.91. The molecule has 2 aromatic heterocycles. The summed E-state index contributed by atoms with van der Waals surface area (Å²) in [7, 11) is -3.70. The van der Waals surface area contributed by atoms with Crippen LogP contribution in [0.3, 0.4) is 0 Å². The standard InChI is InChI=1S/C20H26N4O6S2/c1-14-21-18(22-30-14)16-11-17(31-13-16)32(26,27)24-6-2-3-15(12-24)19(25)23-7-4-20(5-8-23)28-9-10-29-20/h11,13,15H,2-10,12H2,1H3/t15-/m1/s1. The fraction of sp³-hybridized carbons (Fsp3) is 0.650. The van der Waals surface area contributed by atoms with Crippen LogP contribution in [0.4, 0.5) is 0 Å². The Morgan fingerprint density at radius 3 is 2.66 bits per heavy atom. The molecule has 3 saturated heterocycles. The van der Waals surface area contributed by atoms with Gasteiger partial charge >= 0.3 is 0 Å². The Morgan fingerprint density at radius 1 is 1.22 bits per heavy atom. The number of rotatable bonds is 4. The van der Waals surface area contributed by atoms with Gasteiger partial charge in [0.05, 0.1) is 19.1 Å². The first-order valence-electron chi connectivity index (χ1n) is 10.8. The average molecular weight is 483 g/mol. The number of amides is 1. The van der Waals surface area contributed by atoms with Gasteiger partial charge < -0.3 is 18.9 Å². The molecule has 0 aliphatic carbocycles. The maximum absolute atomic E-state index is 13.3. The summed E-state index contributed by atoms with van der Waals surface area (Å²) < 4.78 is 44.7. The molecule has 5 heterocycles. The van der Waals surface area contributed by atoms with Crippen molar-refractivity contribution in [1.82, 2.24) is 19.3 Å². The predicted octanol–water partition coefficient (Wildman–Crippen LogP) is 1.87. The van der Waals surface area contributed by atoms with E-state index in [4.69, 9.17) is 14.0 Å². The van der Waals surface area contributed by atoms with Crippen LogP contribution in [-0.4, -0.2) is 78.9 Å². The molecule has 0 unspecified atom stereocenters. The van der Waals surface area contributed by atoms with Crippen LogP contribution in [0.1, 0.15) is 31.6 Å². The first-order chi connectivity index (χ1) is 15.4. The van der Waals surface area contributed by atoms with Crippen molar-refractivity contribution in [2.24, 2.45) is 5.92 Å². The molecule has 2 aromatic rings. The zero-order chi connectivity index (χ0) is 22.3. The highest BCUT2D eigenvalue weighted by Crippen LogP contribution is 2.34. The number of hydrogen-bond donors (Lipinski definition) is 0. The molecule has 1 spiro atoms. The Kier molecular flexibility index (Phi) is 5.82. The number of piperidine rings is 2. The van der Waals surface area contributed by atoms with Crippen LogP contribution in [0.25, 0.3) is 11.4 Å². The van der Waals surface area contributed by atoms with Gasteiger partial charge in [0.15, 0.2) is 5.79 Å². The van der Waals surface area contributed by atoms with Gasteiger partial charge in [-0.3, -0.25) is 4.79 Å². The molecular weight excluding hydrogens is 456 g/mol. The van der Waals surface area contributed by atoms with E-state index in [1.54, 1.807) is 18.4 Å². The van der Waals surface area contributed by atoms with Crippen molar-refractivity contribution in [2.75, 3.05) is 39.4 Å². The molecule has 5 rings (SSSR count). The topological polar surface area (TPSA) is 115 Å². The Balaban J connectivity index is 1.25. The van der Waals surface area contributed by atoms with Crippen LogP contribution in [0, 0.1) is 12.8 Å². The summed E-state index contributed by atoms with van der Waals surface area (Å²) in [6.45, 7) is 4.62. The number of aryl methyl sites for hydroxylation is 1. The van der Waals surface area contributed by atoms with E-state index < -0.39 is 15.8 Å². The molecular formula is C20H26N4O6S2. The quantitative estimate of drug-likeness (QED) is 0.649. The van der Waals surface area contributed by atoms with Gasteiger partial charge in [0.2, 0.25) is 17.6 Å². The minimum atomic E-state index is -3.70. The van der Waals surface area contributed by atoms with Crippen LogP contribution in [-0.2, 0) is 24.3 Å². The van der Waals surface area contributed by atoms with Crippen LogP contribution in [0.15, 0.2) is 20.2 Å². The normalized spacial score (nSPS) is 24.3. The lowest BCUT2D eigenvalue weighted by molar-refractivity contribution is -0.188. The molecule has 0 radical (unpaired) electrons. The van der Waals surface area contributed by atoms with E-state index in [0.717, 1.165) is 11.3 Å². The van der Waals surface area contributed by atoms with E-state index in [-0.39, 0.29) is 22.6 Å². The highest BCUT2D eigenvalue weighted by Gasteiger charge is 2.43. The summed E-state index contributed by atoms with van der Waals surface area (Å²) in [6, 6.07) is 1.57. The van der Waals surface area contributed by atoms with E-state index >= 15 is 0 Å². The molecule has 32 heavy (non-hydrogen) atoms. The fourth-order valence-electron chi connectivity index (χ4n) is 4.59. The molecule has 0 aromatic carbocycles. The minimum Gasteiger partial charge on any atom is -0.347 e. The fourth-order valence-corrected chi connectivity index (χ4v) is 7.42. The number of aromatic nitrogens is 2. The second-order valence-corrected chi connectivity index (χ2v) is 11.5. The number of thiophene rings is 1. The third-order valence-corrected chi connectivity index (χ3v) is 9.62. The second kappa shape index (κ2) is 8.49. The summed E-state index contributed by atoms with van der Waals surface area (Å²) in [5, 5.41) is 5.56. The van der Waals surface area contributed by atoms with Gasteiger partial charge in [0, 0.05) is 56.9 Å². The summed E-state index contributed by atoms with van der Waals surface area (Å²) in [4.78, 5) is 19.1. The minimum absolute atomic E-state index is 0.0203. The highest BCUT2D eigenvalue weighted by atomic mass is 32.2. The summed E-state index contributed by atoms with van der Waals surface area (Å²) in [5.41, 5.74) is 0.605. The molecule has 0 N–H and O–H groups in total. The Bertz CT molecular complexity index is 1080. The van der Waals surface area contributed by atoms with Crippen molar-refractivity contribution < 1.29 is 27.2 Å². The van der Waals surface area contributed by atoms with Crippen LogP contribution in [0.5, 0.6) is 0 Å². The van der Waals surface area contributed by atoms with Crippen molar-refractivity contribution in [3.05, 3.63) is 17.3 Å². The molecule has 1 amide bonds. The maximum Gasteiger partial charge on any atom is 0.252 e. The predicted molar refractivity (Wildman–Crippen MR) is 114 cm³/mol. The zero-order valence-electron chi connectivity index (χ0n) is 17.9. The summed E-state index contributed by atoms with van der Waals surface area (Å²) in [6.07, 6.45) is 2.65. The largest absolute Gasteiger partial charge is 0.347 e. The van der Waals surface area contributed by atoms with E-state index in [0.29, 0.717) is 75.8 Å². The Labute approximate surface area is 190 Å². The molecule has 3 aliphatic rings. The van der Waals surface area contributed by atoms with Gasteiger partial charge in [-0.25, -0.2) is 8.42 Å². The molecule has 0 bridgehead atoms. The van der Waals surface area contributed by atoms with Gasteiger partial charge in [-0.05, 0) is 18.9 Å². The molecule has 174 valence electrons. The Morgan fingerprint density at radius 2 is 1.97 bits per heavy atom. The van der Waals surface area contributed by atoms with Gasteiger partial charge in [0.25, 0.3) is 10.0 Å². The monoisotopic (exact) mass is 482 g/mol.